The normalized spacial score (nSPS) is 22.5. The van der Waals surface area contributed by atoms with Crippen molar-refractivity contribution in [2.45, 2.75) is 23.5 Å². The topological polar surface area (TPSA) is 81.6 Å². The molecule has 3 heterocycles. The van der Waals surface area contributed by atoms with Crippen LogP contribution in [-0.2, 0) is 19.5 Å². The van der Waals surface area contributed by atoms with E-state index in [0.29, 0.717) is 50.2 Å². The molecule has 2 aromatic rings. The second-order valence-electron chi connectivity index (χ2n) is 5.40. The molecule has 4 rings (SSSR count). The lowest BCUT2D eigenvalue weighted by atomic mass is 10.1. The summed E-state index contributed by atoms with van der Waals surface area (Å²) in [5.74, 6) is -0.583. The molecule has 0 atom stereocenters. The molecule has 0 N–H and O–H groups in total. The highest BCUT2D eigenvalue weighted by Gasteiger charge is 2.43. The minimum atomic E-state index is -3.58. The molecular weight excluding hydrogens is 326 g/mol. The van der Waals surface area contributed by atoms with Crippen molar-refractivity contribution in [2.24, 2.45) is 0 Å². The highest BCUT2D eigenvalue weighted by Crippen LogP contribution is 2.34. The molecule has 0 bridgehead atoms. The molecule has 0 aliphatic carbocycles. The number of piperidine rings is 1. The Balaban J connectivity index is 1.63. The molecule has 2 aliphatic heterocycles. The summed E-state index contributed by atoms with van der Waals surface area (Å²) in [4.78, 5) is 0.225. The third-order valence-electron chi connectivity index (χ3n) is 4.16. The minimum Gasteiger partial charge on any atom is -0.347 e. The van der Waals surface area contributed by atoms with Crippen LogP contribution in [0, 0.1) is 0 Å². The smallest absolute Gasteiger partial charge is 0.245 e. The van der Waals surface area contributed by atoms with Gasteiger partial charge in [-0.25, -0.2) is 8.42 Å². The molecular formula is C13H15N3O4S2. The summed E-state index contributed by atoms with van der Waals surface area (Å²) in [6, 6.07) is 5.06. The Labute approximate surface area is 132 Å². The van der Waals surface area contributed by atoms with Crippen LogP contribution in [0.25, 0.3) is 11.0 Å². The Kier molecular flexibility index (Phi) is 3.42. The summed E-state index contributed by atoms with van der Waals surface area (Å²) in [7, 11) is -3.58. The Morgan fingerprint density at radius 1 is 1.14 bits per heavy atom. The van der Waals surface area contributed by atoms with E-state index in [0.717, 1.165) is 11.7 Å². The van der Waals surface area contributed by atoms with Crippen molar-refractivity contribution in [1.29, 1.82) is 0 Å². The van der Waals surface area contributed by atoms with E-state index >= 15 is 0 Å². The maximum Gasteiger partial charge on any atom is 0.245 e. The van der Waals surface area contributed by atoms with Crippen LogP contribution in [-0.4, -0.2) is 53.6 Å². The van der Waals surface area contributed by atoms with Crippen molar-refractivity contribution in [1.82, 2.24) is 13.1 Å². The molecule has 118 valence electrons. The van der Waals surface area contributed by atoms with Crippen molar-refractivity contribution >= 4 is 32.8 Å². The quantitative estimate of drug-likeness (QED) is 0.817. The van der Waals surface area contributed by atoms with Gasteiger partial charge >= 0.3 is 0 Å². The van der Waals surface area contributed by atoms with Crippen molar-refractivity contribution in [2.75, 3.05) is 26.3 Å². The van der Waals surface area contributed by atoms with Crippen LogP contribution in [0.2, 0.25) is 0 Å². The molecule has 1 aromatic heterocycles. The number of rotatable bonds is 2. The van der Waals surface area contributed by atoms with E-state index in [4.69, 9.17) is 9.47 Å². The summed E-state index contributed by atoms with van der Waals surface area (Å²) in [5.41, 5.74) is 1.06. The Morgan fingerprint density at radius 3 is 2.59 bits per heavy atom. The number of hydrogen-bond donors (Lipinski definition) is 0. The molecule has 2 aliphatic rings. The van der Waals surface area contributed by atoms with Crippen molar-refractivity contribution in [3.63, 3.8) is 0 Å². The van der Waals surface area contributed by atoms with Gasteiger partial charge in [0.05, 0.1) is 24.9 Å². The van der Waals surface area contributed by atoms with E-state index in [9.17, 15) is 8.42 Å². The maximum absolute atomic E-state index is 12.9. The van der Waals surface area contributed by atoms with Crippen molar-refractivity contribution < 1.29 is 17.9 Å². The first-order valence-corrected chi connectivity index (χ1v) is 9.27. The third kappa shape index (κ3) is 2.24. The van der Waals surface area contributed by atoms with Gasteiger partial charge in [0, 0.05) is 25.9 Å². The molecule has 0 saturated carbocycles. The van der Waals surface area contributed by atoms with Crippen LogP contribution in [0.4, 0.5) is 0 Å². The standard InChI is InChI=1S/C13H15N3O4S2/c17-22(18,11-3-1-2-10-12(11)15-21-14-10)16-6-4-13(5-7-16)19-8-9-20-13/h1-3H,4-9H2. The van der Waals surface area contributed by atoms with Gasteiger partial charge in [-0.3, -0.25) is 0 Å². The van der Waals surface area contributed by atoms with Crippen LogP contribution in [0.1, 0.15) is 12.8 Å². The van der Waals surface area contributed by atoms with Gasteiger partial charge in [0.15, 0.2) is 5.79 Å². The van der Waals surface area contributed by atoms with Gasteiger partial charge in [-0.1, -0.05) is 6.07 Å². The lowest BCUT2D eigenvalue weighted by Crippen LogP contribution is -2.47. The Morgan fingerprint density at radius 2 is 1.86 bits per heavy atom. The highest BCUT2D eigenvalue weighted by molar-refractivity contribution is 7.89. The maximum atomic E-state index is 12.9. The van der Waals surface area contributed by atoms with Crippen LogP contribution < -0.4 is 0 Å². The molecule has 22 heavy (non-hydrogen) atoms. The summed E-state index contributed by atoms with van der Waals surface area (Å²) in [6.07, 6.45) is 1.11. The Bertz CT molecular complexity index is 788. The largest absolute Gasteiger partial charge is 0.347 e. The molecule has 7 nitrogen and oxygen atoms in total. The monoisotopic (exact) mass is 341 g/mol. The van der Waals surface area contributed by atoms with E-state index in [1.54, 1.807) is 18.2 Å². The summed E-state index contributed by atoms with van der Waals surface area (Å²) in [5, 5.41) is 0. The van der Waals surface area contributed by atoms with Gasteiger partial charge < -0.3 is 9.47 Å². The van der Waals surface area contributed by atoms with Crippen LogP contribution in [0.5, 0.6) is 0 Å². The highest BCUT2D eigenvalue weighted by atomic mass is 32.2. The zero-order chi connectivity index (χ0) is 15.2. The van der Waals surface area contributed by atoms with Crippen molar-refractivity contribution in [3.8, 4) is 0 Å². The fraction of sp³-hybridized carbons (Fsp3) is 0.538. The number of benzene rings is 1. The number of ether oxygens (including phenoxy) is 2. The number of hydrogen-bond acceptors (Lipinski definition) is 7. The first kappa shape index (κ1) is 14.5. The molecule has 0 radical (unpaired) electrons. The molecule has 9 heteroatoms. The van der Waals surface area contributed by atoms with Gasteiger partial charge in [-0.2, -0.15) is 13.1 Å². The molecule has 2 fully saturated rings. The average Bonchev–Trinajstić information content (AvgIpc) is 3.16. The lowest BCUT2D eigenvalue weighted by molar-refractivity contribution is -0.179. The zero-order valence-electron chi connectivity index (χ0n) is 11.8. The van der Waals surface area contributed by atoms with Crippen molar-refractivity contribution in [3.05, 3.63) is 18.2 Å². The molecule has 0 amide bonds. The summed E-state index contributed by atoms with van der Waals surface area (Å²) >= 11 is 1.02. The predicted octanol–water partition coefficient (Wildman–Crippen LogP) is 1.22. The second-order valence-corrected chi connectivity index (χ2v) is 7.83. The fourth-order valence-corrected chi connectivity index (χ4v) is 5.18. The zero-order valence-corrected chi connectivity index (χ0v) is 13.4. The van der Waals surface area contributed by atoms with Gasteiger partial charge in [0.1, 0.15) is 15.9 Å². The van der Waals surface area contributed by atoms with Gasteiger partial charge in [0.2, 0.25) is 10.0 Å². The molecule has 1 spiro atoms. The van der Waals surface area contributed by atoms with E-state index < -0.39 is 15.8 Å². The van der Waals surface area contributed by atoms with Gasteiger partial charge in [0.25, 0.3) is 0 Å². The van der Waals surface area contributed by atoms with Gasteiger partial charge in [-0.15, -0.1) is 0 Å². The number of nitrogens with zero attached hydrogens (tertiary/aromatic N) is 3. The summed E-state index contributed by atoms with van der Waals surface area (Å²) < 4.78 is 46.8. The molecule has 0 unspecified atom stereocenters. The predicted molar refractivity (Wildman–Crippen MR) is 80.0 cm³/mol. The van der Waals surface area contributed by atoms with E-state index in [-0.39, 0.29) is 4.90 Å². The van der Waals surface area contributed by atoms with Crippen LogP contribution >= 0.6 is 11.7 Å². The second kappa shape index (κ2) is 5.20. The lowest BCUT2D eigenvalue weighted by Gasteiger charge is -2.36. The van der Waals surface area contributed by atoms with E-state index in [2.05, 4.69) is 8.75 Å². The van der Waals surface area contributed by atoms with E-state index in [1.165, 1.54) is 4.31 Å². The first-order chi connectivity index (χ1) is 10.6. The number of fused-ring (bicyclic) bond motifs is 1. The molecule has 2 saturated heterocycles. The van der Waals surface area contributed by atoms with Crippen LogP contribution in [0.15, 0.2) is 23.1 Å². The first-order valence-electron chi connectivity index (χ1n) is 7.10. The fourth-order valence-electron chi connectivity index (χ4n) is 2.98. The SMILES string of the molecule is O=S(=O)(c1cccc2nsnc12)N1CCC2(CC1)OCCO2. The molecule has 1 aromatic carbocycles. The number of sulfonamides is 1. The third-order valence-corrected chi connectivity index (χ3v) is 6.64. The van der Waals surface area contributed by atoms with E-state index in [1.807, 2.05) is 0 Å². The average molecular weight is 341 g/mol. The summed E-state index contributed by atoms with van der Waals surface area (Å²) in [6.45, 7) is 1.93. The Hall–Kier alpha value is -1.13. The van der Waals surface area contributed by atoms with Crippen LogP contribution in [0.3, 0.4) is 0 Å². The number of aromatic nitrogens is 2. The van der Waals surface area contributed by atoms with Gasteiger partial charge in [-0.05, 0) is 12.1 Å². The minimum absolute atomic E-state index is 0.225.